The average Bonchev–Trinajstić information content (AvgIpc) is 2.44. The van der Waals surface area contributed by atoms with Crippen LogP contribution in [0.5, 0.6) is 0 Å². The third-order valence-electron chi connectivity index (χ3n) is 5.79. The Balaban J connectivity index is 1.55. The molecule has 0 amide bonds. The second-order valence-corrected chi connectivity index (χ2v) is 7.31. The van der Waals surface area contributed by atoms with Crippen LogP contribution in [0.15, 0.2) is 36.4 Å². The van der Waals surface area contributed by atoms with Gasteiger partial charge in [-0.25, -0.2) is 0 Å². The maximum Gasteiger partial charge on any atom is 0.161 e. The van der Waals surface area contributed by atoms with Crippen molar-refractivity contribution in [3.63, 3.8) is 0 Å². The molecule has 1 aromatic rings. The first-order valence-electron chi connectivity index (χ1n) is 8.01. The van der Waals surface area contributed by atoms with Crippen LogP contribution in [-0.2, 0) is 4.79 Å². The molecule has 1 heteroatoms. The van der Waals surface area contributed by atoms with E-state index in [1.54, 1.807) is 0 Å². The topological polar surface area (TPSA) is 17.1 Å². The summed E-state index contributed by atoms with van der Waals surface area (Å²) in [5.74, 6) is 2.93. The van der Waals surface area contributed by atoms with E-state index >= 15 is 0 Å². The van der Waals surface area contributed by atoms with Crippen molar-refractivity contribution in [1.29, 1.82) is 0 Å². The van der Waals surface area contributed by atoms with Crippen LogP contribution in [0.3, 0.4) is 0 Å². The lowest BCUT2D eigenvalue weighted by atomic mass is 9.48. The van der Waals surface area contributed by atoms with Crippen molar-refractivity contribution in [1.82, 2.24) is 0 Å². The average molecular weight is 266 g/mol. The SMILES string of the molecule is O=C(C=Cc1ccccc1)C12CC3CC(CC(C3)C1)C2. The highest BCUT2D eigenvalue weighted by molar-refractivity contribution is 5.98. The second-order valence-electron chi connectivity index (χ2n) is 7.31. The fraction of sp³-hybridized carbons (Fsp3) is 0.526. The number of carbonyl (C=O) groups is 1. The van der Waals surface area contributed by atoms with Crippen LogP contribution in [0.4, 0.5) is 0 Å². The molecule has 0 atom stereocenters. The van der Waals surface area contributed by atoms with E-state index in [-0.39, 0.29) is 5.41 Å². The van der Waals surface area contributed by atoms with Crippen molar-refractivity contribution in [3.05, 3.63) is 42.0 Å². The molecule has 0 radical (unpaired) electrons. The van der Waals surface area contributed by atoms with Crippen molar-refractivity contribution >= 4 is 11.9 Å². The Kier molecular flexibility index (Phi) is 2.83. The molecule has 0 N–H and O–H groups in total. The Hall–Kier alpha value is -1.37. The summed E-state index contributed by atoms with van der Waals surface area (Å²) in [6.07, 6.45) is 11.5. The first-order chi connectivity index (χ1) is 9.73. The number of ketones is 1. The zero-order valence-electron chi connectivity index (χ0n) is 11.9. The normalized spacial score (nSPS) is 38.5. The zero-order valence-corrected chi connectivity index (χ0v) is 11.9. The molecule has 4 aliphatic rings. The smallest absolute Gasteiger partial charge is 0.161 e. The molecule has 1 aromatic carbocycles. The lowest BCUT2D eigenvalue weighted by molar-refractivity contribution is -0.138. The fourth-order valence-corrected chi connectivity index (χ4v) is 5.33. The van der Waals surface area contributed by atoms with Gasteiger partial charge >= 0.3 is 0 Å². The fourth-order valence-electron chi connectivity index (χ4n) is 5.33. The number of hydrogen-bond donors (Lipinski definition) is 0. The number of carbonyl (C=O) groups excluding carboxylic acids is 1. The van der Waals surface area contributed by atoms with E-state index in [1.165, 1.54) is 19.3 Å². The lowest BCUT2D eigenvalue weighted by Gasteiger charge is -2.55. The van der Waals surface area contributed by atoms with Gasteiger partial charge < -0.3 is 0 Å². The zero-order chi connectivity index (χ0) is 13.6. The summed E-state index contributed by atoms with van der Waals surface area (Å²) in [5, 5.41) is 0. The molecule has 4 fully saturated rings. The van der Waals surface area contributed by atoms with Crippen LogP contribution >= 0.6 is 0 Å². The van der Waals surface area contributed by atoms with Crippen LogP contribution in [0.1, 0.15) is 44.1 Å². The number of allylic oxidation sites excluding steroid dienone is 1. The van der Waals surface area contributed by atoms with E-state index < -0.39 is 0 Å². The minimum Gasteiger partial charge on any atom is -0.294 e. The lowest BCUT2D eigenvalue weighted by Crippen LogP contribution is -2.49. The predicted molar refractivity (Wildman–Crippen MR) is 81.1 cm³/mol. The van der Waals surface area contributed by atoms with Crippen LogP contribution in [0.2, 0.25) is 0 Å². The minimum absolute atomic E-state index is 0.0139. The van der Waals surface area contributed by atoms with Crippen molar-refractivity contribution in [2.45, 2.75) is 38.5 Å². The quantitative estimate of drug-likeness (QED) is 0.737. The number of benzene rings is 1. The van der Waals surface area contributed by atoms with Gasteiger partial charge in [0.05, 0.1) is 0 Å². The largest absolute Gasteiger partial charge is 0.294 e. The van der Waals surface area contributed by atoms with Gasteiger partial charge in [0.2, 0.25) is 0 Å². The standard InChI is InChI=1S/C19H22O/c20-18(7-6-14-4-2-1-3-5-14)19-11-15-8-16(12-19)10-17(9-15)13-19/h1-7,15-17H,8-13H2. The van der Waals surface area contributed by atoms with Crippen molar-refractivity contribution in [2.24, 2.45) is 23.2 Å². The van der Waals surface area contributed by atoms with Crippen molar-refractivity contribution in [3.8, 4) is 0 Å². The summed E-state index contributed by atoms with van der Waals surface area (Å²) >= 11 is 0. The summed E-state index contributed by atoms with van der Waals surface area (Å²) in [6, 6.07) is 10.2. The highest BCUT2D eigenvalue weighted by Gasteiger charge is 2.53. The molecule has 0 heterocycles. The Morgan fingerprint density at radius 3 is 2.05 bits per heavy atom. The molecule has 0 spiro atoms. The highest BCUT2D eigenvalue weighted by Crippen LogP contribution is 2.60. The molecule has 0 unspecified atom stereocenters. The van der Waals surface area contributed by atoms with Crippen LogP contribution < -0.4 is 0 Å². The predicted octanol–water partition coefficient (Wildman–Crippen LogP) is 4.49. The van der Waals surface area contributed by atoms with Gasteiger partial charge in [0.1, 0.15) is 0 Å². The molecular formula is C19H22O. The van der Waals surface area contributed by atoms with E-state index in [1.807, 2.05) is 30.4 Å². The molecule has 0 aromatic heterocycles. The number of hydrogen-bond acceptors (Lipinski definition) is 1. The molecule has 20 heavy (non-hydrogen) atoms. The van der Waals surface area contributed by atoms with Gasteiger partial charge in [-0.2, -0.15) is 0 Å². The third-order valence-corrected chi connectivity index (χ3v) is 5.79. The summed E-state index contributed by atoms with van der Waals surface area (Å²) in [5.41, 5.74) is 1.14. The van der Waals surface area contributed by atoms with E-state index in [2.05, 4.69) is 12.1 Å². The van der Waals surface area contributed by atoms with Gasteiger partial charge in [-0.1, -0.05) is 36.4 Å². The van der Waals surface area contributed by atoms with Gasteiger partial charge in [-0.05, 0) is 67.9 Å². The maximum absolute atomic E-state index is 12.8. The monoisotopic (exact) mass is 266 g/mol. The van der Waals surface area contributed by atoms with Gasteiger partial charge in [0.25, 0.3) is 0 Å². The second kappa shape index (κ2) is 4.58. The molecule has 4 bridgehead atoms. The Bertz CT molecular complexity index is 505. The summed E-state index contributed by atoms with van der Waals surface area (Å²) < 4.78 is 0. The summed E-state index contributed by atoms with van der Waals surface area (Å²) in [4.78, 5) is 12.8. The molecule has 0 aliphatic heterocycles. The molecule has 1 nitrogen and oxygen atoms in total. The van der Waals surface area contributed by atoms with E-state index in [4.69, 9.17) is 0 Å². The number of rotatable bonds is 3. The Morgan fingerprint density at radius 1 is 0.950 bits per heavy atom. The Morgan fingerprint density at radius 2 is 1.50 bits per heavy atom. The van der Waals surface area contributed by atoms with Gasteiger partial charge in [0, 0.05) is 5.41 Å². The van der Waals surface area contributed by atoms with Gasteiger partial charge in [0.15, 0.2) is 5.78 Å². The highest BCUT2D eigenvalue weighted by atomic mass is 16.1. The molecule has 4 aliphatic carbocycles. The van der Waals surface area contributed by atoms with Crippen LogP contribution in [-0.4, -0.2) is 5.78 Å². The van der Waals surface area contributed by atoms with Gasteiger partial charge in [-0.15, -0.1) is 0 Å². The first-order valence-corrected chi connectivity index (χ1v) is 8.01. The third kappa shape index (κ3) is 2.04. The van der Waals surface area contributed by atoms with Crippen molar-refractivity contribution in [2.75, 3.05) is 0 Å². The molecule has 0 saturated heterocycles. The molecule has 104 valence electrons. The van der Waals surface area contributed by atoms with Crippen LogP contribution in [0.25, 0.3) is 6.08 Å². The first kappa shape index (κ1) is 12.4. The molecule has 5 rings (SSSR count). The summed E-state index contributed by atoms with van der Waals surface area (Å²) in [6.45, 7) is 0. The van der Waals surface area contributed by atoms with Crippen LogP contribution in [0, 0.1) is 23.2 Å². The van der Waals surface area contributed by atoms with E-state index in [9.17, 15) is 4.79 Å². The van der Waals surface area contributed by atoms with Gasteiger partial charge in [-0.3, -0.25) is 4.79 Å². The van der Waals surface area contributed by atoms with E-state index in [0.717, 1.165) is 42.6 Å². The summed E-state index contributed by atoms with van der Waals surface area (Å²) in [7, 11) is 0. The molecule has 4 saturated carbocycles. The maximum atomic E-state index is 12.8. The van der Waals surface area contributed by atoms with Crippen molar-refractivity contribution < 1.29 is 4.79 Å². The molecular weight excluding hydrogens is 244 g/mol. The minimum atomic E-state index is 0.0139. The Labute approximate surface area is 121 Å². The van der Waals surface area contributed by atoms with E-state index in [0.29, 0.717) is 5.78 Å².